The van der Waals surface area contributed by atoms with E-state index in [1.165, 1.54) is 0 Å². The van der Waals surface area contributed by atoms with Gasteiger partial charge in [-0.05, 0) is 32.9 Å². The van der Waals surface area contributed by atoms with Gasteiger partial charge in [0, 0.05) is 17.8 Å². The topological polar surface area (TPSA) is 46.9 Å². The Morgan fingerprint density at radius 1 is 1.64 bits per heavy atom. The molecule has 2 rings (SSSR count). The van der Waals surface area contributed by atoms with E-state index in [1.54, 1.807) is 17.1 Å². The molecule has 0 saturated heterocycles. The van der Waals surface area contributed by atoms with Gasteiger partial charge in [-0.1, -0.05) is 0 Å². The molecule has 1 aromatic rings. The summed E-state index contributed by atoms with van der Waals surface area (Å²) in [6.07, 6.45) is 6.34. The zero-order valence-corrected chi connectivity index (χ0v) is 8.36. The molecule has 1 fully saturated rings. The molecule has 76 valence electrons. The van der Waals surface area contributed by atoms with Crippen LogP contribution in [0.4, 0.5) is 0 Å². The van der Waals surface area contributed by atoms with E-state index in [9.17, 15) is 4.79 Å². The average molecular weight is 193 g/mol. The van der Waals surface area contributed by atoms with E-state index in [0.717, 1.165) is 31.4 Å². The van der Waals surface area contributed by atoms with Crippen molar-refractivity contribution < 1.29 is 0 Å². The van der Waals surface area contributed by atoms with E-state index in [4.69, 9.17) is 0 Å². The van der Waals surface area contributed by atoms with Gasteiger partial charge in [0.25, 0.3) is 5.56 Å². The van der Waals surface area contributed by atoms with Crippen LogP contribution >= 0.6 is 0 Å². The van der Waals surface area contributed by atoms with Crippen molar-refractivity contribution in [2.24, 2.45) is 0 Å². The minimum atomic E-state index is 0.137. The standard InChI is InChI=1S/C10H15N3O/c1-11-5-4-8-6-12-7-13(10(8)14)9-2-3-9/h6-7,9,11H,2-5H2,1H3. The second kappa shape index (κ2) is 3.92. The van der Waals surface area contributed by atoms with Crippen molar-refractivity contribution in [1.29, 1.82) is 0 Å². The lowest BCUT2D eigenvalue weighted by molar-refractivity contribution is 0.667. The predicted octanol–water partition coefficient (Wildman–Crippen LogP) is 0.340. The molecule has 14 heavy (non-hydrogen) atoms. The van der Waals surface area contributed by atoms with Crippen molar-refractivity contribution in [3.63, 3.8) is 0 Å². The first-order valence-corrected chi connectivity index (χ1v) is 5.02. The third-order valence-corrected chi connectivity index (χ3v) is 2.52. The fourth-order valence-corrected chi connectivity index (χ4v) is 1.51. The smallest absolute Gasteiger partial charge is 0.256 e. The molecule has 0 spiro atoms. The van der Waals surface area contributed by atoms with Crippen molar-refractivity contribution in [2.75, 3.05) is 13.6 Å². The largest absolute Gasteiger partial charge is 0.319 e. The Morgan fingerprint density at radius 2 is 2.43 bits per heavy atom. The van der Waals surface area contributed by atoms with Crippen LogP contribution in [-0.2, 0) is 6.42 Å². The third-order valence-electron chi connectivity index (χ3n) is 2.52. The number of nitrogens with one attached hydrogen (secondary N) is 1. The molecule has 1 aliphatic carbocycles. The number of nitrogens with zero attached hydrogens (tertiary/aromatic N) is 2. The fourth-order valence-electron chi connectivity index (χ4n) is 1.51. The number of hydrogen-bond donors (Lipinski definition) is 1. The average Bonchev–Trinajstić information content (AvgIpc) is 3.00. The maximum absolute atomic E-state index is 11.9. The van der Waals surface area contributed by atoms with E-state index >= 15 is 0 Å². The van der Waals surface area contributed by atoms with Crippen LogP contribution in [0.3, 0.4) is 0 Å². The molecule has 4 nitrogen and oxygen atoms in total. The Bertz CT molecular complexity index is 368. The summed E-state index contributed by atoms with van der Waals surface area (Å²) in [5.41, 5.74) is 0.950. The molecule has 4 heteroatoms. The van der Waals surface area contributed by atoms with E-state index in [2.05, 4.69) is 10.3 Å². The summed E-state index contributed by atoms with van der Waals surface area (Å²) < 4.78 is 1.77. The van der Waals surface area contributed by atoms with Gasteiger partial charge in [-0.3, -0.25) is 9.36 Å². The van der Waals surface area contributed by atoms with Crippen molar-refractivity contribution >= 4 is 0 Å². The van der Waals surface area contributed by atoms with Crippen LogP contribution in [0.2, 0.25) is 0 Å². The normalized spacial score (nSPS) is 15.8. The number of likely N-dealkylation sites (N-methyl/N-ethyl adjacent to an activating group) is 1. The first-order valence-electron chi connectivity index (χ1n) is 5.02. The molecule has 0 atom stereocenters. The summed E-state index contributed by atoms with van der Waals surface area (Å²) in [5, 5.41) is 3.03. The molecule has 1 aromatic heterocycles. The summed E-state index contributed by atoms with van der Waals surface area (Å²) in [6.45, 7) is 0.825. The van der Waals surface area contributed by atoms with Crippen LogP contribution in [0.1, 0.15) is 24.4 Å². The molecule has 0 radical (unpaired) electrons. The Labute approximate surface area is 83.0 Å². The molecule has 0 aliphatic heterocycles. The van der Waals surface area contributed by atoms with Crippen LogP contribution in [0.15, 0.2) is 17.3 Å². The molecular weight excluding hydrogens is 178 g/mol. The van der Waals surface area contributed by atoms with Gasteiger partial charge in [-0.15, -0.1) is 0 Å². The second-order valence-electron chi connectivity index (χ2n) is 3.72. The van der Waals surface area contributed by atoms with Crippen molar-refractivity contribution in [3.05, 3.63) is 28.4 Å². The van der Waals surface area contributed by atoms with Gasteiger partial charge in [0.1, 0.15) is 0 Å². The molecule has 0 unspecified atom stereocenters. The summed E-state index contributed by atoms with van der Waals surface area (Å²) in [5.74, 6) is 0. The Hall–Kier alpha value is -1.16. The highest BCUT2D eigenvalue weighted by Gasteiger charge is 2.24. The molecular formula is C10H15N3O. The molecule has 0 bridgehead atoms. The molecule has 1 N–H and O–H groups in total. The lowest BCUT2D eigenvalue weighted by atomic mass is 10.2. The van der Waals surface area contributed by atoms with Gasteiger partial charge in [0.05, 0.1) is 6.33 Å². The maximum Gasteiger partial charge on any atom is 0.256 e. The van der Waals surface area contributed by atoms with Crippen molar-refractivity contribution in [3.8, 4) is 0 Å². The van der Waals surface area contributed by atoms with Crippen LogP contribution < -0.4 is 10.9 Å². The van der Waals surface area contributed by atoms with Crippen LogP contribution in [0.5, 0.6) is 0 Å². The zero-order chi connectivity index (χ0) is 9.97. The first kappa shape index (κ1) is 9.40. The van der Waals surface area contributed by atoms with Gasteiger partial charge in [-0.25, -0.2) is 4.98 Å². The minimum Gasteiger partial charge on any atom is -0.319 e. The van der Waals surface area contributed by atoms with Crippen LogP contribution in [0.25, 0.3) is 0 Å². The minimum absolute atomic E-state index is 0.137. The molecule has 1 saturated carbocycles. The van der Waals surface area contributed by atoms with Crippen LogP contribution in [-0.4, -0.2) is 23.1 Å². The summed E-state index contributed by atoms with van der Waals surface area (Å²) in [7, 11) is 1.88. The number of hydrogen-bond acceptors (Lipinski definition) is 3. The fraction of sp³-hybridized carbons (Fsp3) is 0.600. The van der Waals surface area contributed by atoms with E-state index in [1.807, 2.05) is 7.05 Å². The van der Waals surface area contributed by atoms with Gasteiger partial charge >= 0.3 is 0 Å². The lowest BCUT2D eigenvalue weighted by Gasteiger charge is -2.05. The summed E-state index contributed by atoms with van der Waals surface area (Å²) in [4.78, 5) is 15.9. The molecule has 0 amide bonds. The highest BCUT2D eigenvalue weighted by Crippen LogP contribution is 2.32. The second-order valence-corrected chi connectivity index (χ2v) is 3.72. The van der Waals surface area contributed by atoms with Crippen molar-refractivity contribution in [1.82, 2.24) is 14.9 Å². The van der Waals surface area contributed by atoms with Gasteiger partial charge in [0.2, 0.25) is 0 Å². The molecule has 1 heterocycles. The van der Waals surface area contributed by atoms with Crippen molar-refractivity contribution in [2.45, 2.75) is 25.3 Å². The first-order chi connectivity index (χ1) is 6.83. The summed E-state index contributed by atoms with van der Waals surface area (Å²) in [6, 6.07) is 0.421. The maximum atomic E-state index is 11.9. The highest BCUT2D eigenvalue weighted by atomic mass is 16.1. The van der Waals surface area contributed by atoms with E-state index in [-0.39, 0.29) is 5.56 Å². The predicted molar refractivity (Wildman–Crippen MR) is 54.4 cm³/mol. The lowest BCUT2D eigenvalue weighted by Crippen LogP contribution is -2.25. The van der Waals surface area contributed by atoms with Crippen LogP contribution in [0, 0.1) is 0 Å². The monoisotopic (exact) mass is 193 g/mol. The van der Waals surface area contributed by atoms with Gasteiger partial charge in [0.15, 0.2) is 0 Å². The Morgan fingerprint density at radius 3 is 3.07 bits per heavy atom. The zero-order valence-electron chi connectivity index (χ0n) is 8.36. The SMILES string of the molecule is CNCCc1cncn(C2CC2)c1=O. The summed E-state index contributed by atoms with van der Waals surface area (Å²) >= 11 is 0. The third kappa shape index (κ3) is 1.85. The highest BCUT2D eigenvalue weighted by molar-refractivity contribution is 5.06. The number of rotatable bonds is 4. The molecule has 1 aliphatic rings. The quantitative estimate of drug-likeness (QED) is 0.750. The Kier molecular flexibility index (Phi) is 2.63. The molecule has 0 aromatic carbocycles. The van der Waals surface area contributed by atoms with E-state index in [0.29, 0.717) is 6.04 Å². The Balaban J connectivity index is 2.22. The van der Waals surface area contributed by atoms with Gasteiger partial charge in [-0.2, -0.15) is 0 Å². The number of aromatic nitrogens is 2. The van der Waals surface area contributed by atoms with E-state index < -0.39 is 0 Å². The van der Waals surface area contributed by atoms with Gasteiger partial charge < -0.3 is 5.32 Å².